The Kier molecular flexibility index (Phi) is 6.96. The van der Waals surface area contributed by atoms with E-state index in [0.717, 1.165) is 55.7 Å². The van der Waals surface area contributed by atoms with Gasteiger partial charge in [-0.05, 0) is 61.9 Å². The van der Waals surface area contributed by atoms with Gasteiger partial charge in [-0.1, -0.05) is 54.1 Å². The van der Waals surface area contributed by atoms with Crippen LogP contribution in [0, 0.1) is 12.7 Å². The molecule has 0 aliphatic carbocycles. The first-order valence-corrected chi connectivity index (χ1v) is 12.7. The summed E-state index contributed by atoms with van der Waals surface area (Å²) in [5, 5.41) is 0. The molecule has 3 heterocycles. The molecule has 5 heteroatoms. The molecule has 4 nitrogen and oxygen atoms in total. The van der Waals surface area contributed by atoms with Gasteiger partial charge < -0.3 is 9.64 Å². The van der Waals surface area contributed by atoms with Crippen molar-refractivity contribution in [3.63, 3.8) is 0 Å². The number of carbonyl (C=O) groups excluding carboxylic acids is 1. The molecule has 1 aromatic heterocycles. The van der Waals surface area contributed by atoms with E-state index in [1.807, 2.05) is 24.3 Å². The molecule has 0 unspecified atom stereocenters. The fraction of sp³-hybridized carbons (Fsp3) is 0.400. The molecule has 0 atom stereocenters. The number of amides is 1. The Bertz CT molecular complexity index is 1180. The normalized spacial score (nSPS) is 18.4. The molecular formula is C30H33FN2O2. The van der Waals surface area contributed by atoms with Crippen molar-refractivity contribution in [3.05, 3.63) is 101 Å². The number of pyridine rings is 1. The number of nitrogens with zero attached hydrogens (tertiary/aromatic N) is 2. The first-order chi connectivity index (χ1) is 17.0. The fourth-order valence-corrected chi connectivity index (χ4v) is 5.63. The van der Waals surface area contributed by atoms with E-state index >= 15 is 0 Å². The monoisotopic (exact) mass is 472 g/mol. The number of likely N-dealkylation sites (tertiary alicyclic amines) is 1. The number of ether oxygens (including phenoxy) is 1. The van der Waals surface area contributed by atoms with Crippen LogP contribution in [0.25, 0.3) is 0 Å². The Morgan fingerprint density at radius 3 is 2.51 bits per heavy atom. The summed E-state index contributed by atoms with van der Waals surface area (Å²) in [5.41, 5.74) is 4.40. The van der Waals surface area contributed by atoms with Gasteiger partial charge in [0.1, 0.15) is 5.82 Å². The number of aryl methyl sites for hydroxylation is 1. The van der Waals surface area contributed by atoms with Crippen molar-refractivity contribution < 1.29 is 13.9 Å². The highest BCUT2D eigenvalue weighted by Crippen LogP contribution is 2.39. The van der Waals surface area contributed by atoms with Gasteiger partial charge in [0.25, 0.3) is 0 Å². The van der Waals surface area contributed by atoms with E-state index in [-0.39, 0.29) is 11.7 Å². The van der Waals surface area contributed by atoms with Crippen LogP contribution in [-0.2, 0) is 21.4 Å². The van der Waals surface area contributed by atoms with Crippen molar-refractivity contribution in [1.29, 1.82) is 0 Å². The van der Waals surface area contributed by atoms with E-state index in [4.69, 9.17) is 9.72 Å². The summed E-state index contributed by atoms with van der Waals surface area (Å²) in [6.07, 6.45) is 3.73. The second kappa shape index (κ2) is 10.3. The lowest BCUT2D eigenvalue weighted by Crippen LogP contribution is -2.52. The summed E-state index contributed by atoms with van der Waals surface area (Å²) in [6, 6.07) is 21.3. The number of aromatic nitrogens is 1. The molecule has 2 fully saturated rings. The molecule has 35 heavy (non-hydrogen) atoms. The van der Waals surface area contributed by atoms with Crippen molar-refractivity contribution in [3.8, 4) is 0 Å². The third-order valence-corrected chi connectivity index (χ3v) is 7.68. The van der Waals surface area contributed by atoms with E-state index in [2.05, 4.69) is 42.2 Å². The second-order valence-corrected chi connectivity index (χ2v) is 9.95. The quantitative estimate of drug-likeness (QED) is 0.487. The molecule has 0 radical (unpaired) electrons. The van der Waals surface area contributed by atoms with Gasteiger partial charge in [-0.2, -0.15) is 0 Å². The maximum atomic E-state index is 14.1. The number of benzene rings is 2. The SMILES string of the molecule is Cc1cccc(C2(C(=O)N3CCC(c4cccc(Cc5ccccc5F)n4)CC3)CCOCC2)c1. The minimum atomic E-state index is -0.491. The molecule has 2 saturated heterocycles. The van der Waals surface area contributed by atoms with E-state index in [1.165, 1.54) is 11.6 Å². The summed E-state index contributed by atoms with van der Waals surface area (Å²) in [4.78, 5) is 20.9. The van der Waals surface area contributed by atoms with Crippen LogP contribution in [0.5, 0.6) is 0 Å². The largest absolute Gasteiger partial charge is 0.381 e. The highest BCUT2D eigenvalue weighted by atomic mass is 19.1. The number of carbonyl (C=O) groups is 1. The van der Waals surface area contributed by atoms with Crippen LogP contribution in [0.2, 0.25) is 0 Å². The molecule has 182 valence electrons. The Morgan fingerprint density at radius 2 is 1.77 bits per heavy atom. The zero-order chi connectivity index (χ0) is 24.3. The van der Waals surface area contributed by atoms with Crippen LogP contribution in [0.3, 0.4) is 0 Å². The smallest absolute Gasteiger partial charge is 0.233 e. The summed E-state index contributed by atoms with van der Waals surface area (Å²) in [6.45, 7) is 4.79. The van der Waals surface area contributed by atoms with E-state index in [1.54, 1.807) is 6.07 Å². The number of hydrogen-bond donors (Lipinski definition) is 0. The van der Waals surface area contributed by atoms with Gasteiger partial charge in [0, 0.05) is 50.0 Å². The lowest BCUT2D eigenvalue weighted by Gasteiger charge is -2.42. The minimum absolute atomic E-state index is 0.192. The van der Waals surface area contributed by atoms with Crippen molar-refractivity contribution in [1.82, 2.24) is 9.88 Å². The third-order valence-electron chi connectivity index (χ3n) is 7.68. The average molecular weight is 473 g/mol. The van der Waals surface area contributed by atoms with Gasteiger partial charge in [-0.3, -0.25) is 9.78 Å². The van der Waals surface area contributed by atoms with Gasteiger partial charge in [0.05, 0.1) is 5.41 Å². The molecule has 0 saturated carbocycles. The number of hydrogen-bond acceptors (Lipinski definition) is 3. The first-order valence-electron chi connectivity index (χ1n) is 12.7. The zero-order valence-electron chi connectivity index (χ0n) is 20.4. The van der Waals surface area contributed by atoms with Crippen molar-refractivity contribution in [2.45, 2.75) is 50.4 Å². The first kappa shape index (κ1) is 23.7. The van der Waals surface area contributed by atoms with Gasteiger partial charge in [0.2, 0.25) is 5.91 Å². The van der Waals surface area contributed by atoms with Gasteiger partial charge in [-0.15, -0.1) is 0 Å². The standard InChI is InChI=1S/C30H33FN2O2/c1-22-6-4-8-25(20-22)30(14-18-35-19-15-30)29(34)33-16-12-23(13-17-33)28-11-5-9-26(32-28)21-24-7-2-3-10-27(24)31/h2-11,20,23H,12-19,21H2,1H3. The van der Waals surface area contributed by atoms with Crippen LogP contribution >= 0.6 is 0 Å². The second-order valence-electron chi connectivity index (χ2n) is 9.95. The predicted octanol–water partition coefficient (Wildman–Crippen LogP) is 5.57. The molecule has 0 bridgehead atoms. The van der Waals surface area contributed by atoms with Crippen molar-refractivity contribution in [2.75, 3.05) is 26.3 Å². The van der Waals surface area contributed by atoms with Crippen LogP contribution in [0.4, 0.5) is 4.39 Å². The highest BCUT2D eigenvalue weighted by molar-refractivity contribution is 5.88. The Morgan fingerprint density at radius 1 is 1.03 bits per heavy atom. The topological polar surface area (TPSA) is 42.4 Å². The molecule has 0 spiro atoms. The van der Waals surface area contributed by atoms with Crippen molar-refractivity contribution in [2.24, 2.45) is 0 Å². The Labute approximate surface area is 207 Å². The molecule has 2 aliphatic rings. The summed E-state index contributed by atoms with van der Waals surface area (Å²) in [5.74, 6) is 0.359. The summed E-state index contributed by atoms with van der Waals surface area (Å²) >= 11 is 0. The van der Waals surface area contributed by atoms with Crippen molar-refractivity contribution >= 4 is 5.91 Å². The summed E-state index contributed by atoms with van der Waals surface area (Å²) in [7, 11) is 0. The maximum absolute atomic E-state index is 14.1. The third kappa shape index (κ3) is 5.01. The molecule has 2 aliphatic heterocycles. The zero-order valence-corrected chi connectivity index (χ0v) is 20.4. The molecule has 0 N–H and O–H groups in total. The lowest BCUT2D eigenvalue weighted by atomic mass is 9.72. The van der Waals surface area contributed by atoms with Crippen LogP contribution < -0.4 is 0 Å². The van der Waals surface area contributed by atoms with Crippen LogP contribution in [0.15, 0.2) is 66.7 Å². The minimum Gasteiger partial charge on any atom is -0.381 e. The number of rotatable bonds is 5. The van der Waals surface area contributed by atoms with Gasteiger partial charge in [-0.25, -0.2) is 4.39 Å². The molecule has 1 amide bonds. The molecule has 3 aromatic rings. The molecule has 5 rings (SSSR count). The lowest BCUT2D eigenvalue weighted by molar-refractivity contribution is -0.142. The van der Waals surface area contributed by atoms with E-state index in [9.17, 15) is 9.18 Å². The van der Waals surface area contributed by atoms with E-state index < -0.39 is 5.41 Å². The molecular weight excluding hydrogens is 439 g/mol. The van der Waals surface area contributed by atoms with Crippen LogP contribution in [0.1, 0.15) is 59.7 Å². The maximum Gasteiger partial charge on any atom is 0.233 e. The fourth-order valence-electron chi connectivity index (χ4n) is 5.63. The molecule has 2 aromatic carbocycles. The average Bonchev–Trinajstić information content (AvgIpc) is 2.90. The highest BCUT2D eigenvalue weighted by Gasteiger charge is 2.44. The Balaban J connectivity index is 1.28. The number of piperidine rings is 1. The Hall–Kier alpha value is -3.05. The van der Waals surface area contributed by atoms with Gasteiger partial charge in [0.15, 0.2) is 0 Å². The summed E-state index contributed by atoms with van der Waals surface area (Å²) < 4.78 is 19.8. The number of halogens is 1. The predicted molar refractivity (Wildman–Crippen MR) is 135 cm³/mol. The van der Waals surface area contributed by atoms with Gasteiger partial charge >= 0.3 is 0 Å². The van der Waals surface area contributed by atoms with Crippen LogP contribution in [-0.4, -0.2) is 42.1 Å². The van der Waals surface area contributed by atoms with E-state index in [0.29, 0.717) is 31.1 Å².